The van der Waals surface area contributed by atoms with Gasteiger partial charge in [0.05, 0.1) is 11.8 Å². The predicted molar refractivity (Wildman–Crippen MR) is 89.1 cm³/mol. The molecule has 0 aromatic carbocycles. The van der Waals surface area contributed by atoms with E-state index in [4.69, 9.17) is 4.42 Å². The Morgan fingerprint density at radius 3 is 2.91 bits per heavy atom. The standard InChI is InChI=1S/C15H14N4O2S2/c1-10(12-3-2-8-22-12)17-13(20)9-23-15-19-18-14(21-15)11-4-6-16-7-5-11/h2-8,10H,9H2,1H3,(H,17,20). The van der Waals surface area contributed by atoms with Gasteiger partial charge in [-0.15, -0.1) is 21.5 Å². The van der Waals surface area contributed by atoms with Crippen LogP contribution in [0, 0.1) is 0 Å². The molecule has 0 fully saturated rings. The molecule has 0 aliphatic carbocycles. The lowest BCUT2D eigenvalue weighted by atomic mass is 10.3. The average Bonchev–Trinajstić information content (AvgIpc) is 3.25. The van der Waals surface area contributed by atoms with Crippen molar-refractivity contribution in [2.45, 2.75) is 18.2 Å². The molecule has 1 amide bonds. The molecule has 3 heterocycles. The number of amides is 1. The second kappa shape index (κ2) is 7.38. The molecular formula is C15H14N4O2S2. The molecule has 118 valence electrons. The Balaban J connectivity index is 1.52. The number of aromatic nitrogens is 3. The summed E-state index contributed by atoms with van der Waals surface area (Å²) in [6.07, 6.45) is 3.32. The summed E-state index contributed by atoms with van der Waals surface area (Å²) in [5.41, 5.74) is 0.801. The third-order valence-corrected chi connectivity index (χ3v) is 4.88. The van der Waals surface area contributed by atoms with Crippen molar-refractivity contribution in [3.05, 3.63) is 46.9 Å². The summed E-state index contributed by atoms with van der Waals surface area (Å²) in [5.74, 6) is 0.579. The third kappa shape index (κ3) is 4.17. The van der Waals surface area contributed by atoms with Gasteiger partial charge in [-0.05, 0) is 30.5 Å². The lowest BCUT2D eigenvalue weighted by Crippen LogP contribution is -2.27. The first kappa shape index (κ1) is 15.7. The van der Waals surface area contributed by atoms with Crippen LogP contribution < -0.4 is 5.32 Å². The maximum absolute atomic E-state index is 12.0. The molecule has 1 unspecified atom stereocenters. The van der Waals surface area contributed by atoms with Crippen LogP contribution in [0.2, 0.25) is 0 Å². The predicted octanol–water partition coefficient (Wildman–Crippen LogP) is 3.16. The first-order valence-electron chi connectivity index (χ1n) is 6.92. The molecule has 3 aromatic heterocycles. The molecule has 0 radical (unpaired) electrons. The van der Waals surface area contributed by atoms with Crippen LogP contribution >= 0.6 is 23.1 Å². The molecule has 6 nitrogen and oxygen atoms in total. The fraction of sp³-hybridized carbons (Fsp3) is 0.200. The number of hydrogen-bond donors (Lipinski definition) is 1. The lowest BCUT2D eigenvalue weighted by molar-refractivity contribution is -0.119. The Morgan fingerprint density at radius 1 is 1.35 bits per heavy atom. The molecular weight excluding hydrogens is 332 g/mol. The van der Waals surface area contributed by atoms with Crippen LogP contribution in [0.25, 0.3) is 11.5 Å². The molecule has 1 atom stereocenters. The Bertz CT molecular complexity index is 759. The van der Waals surface area contributed by atoms with E-state index in [0.717, 1.165) is 10.4 Å². The van der Waals surface area contributed by atoms with E-state index >= 15 is 0 Å². The van der Waals surface area contributed by atoms with Crippen molar-refractivity contribution in [2.75, 3.05) is 5.75 Å². The number of pyridine rings is 1. The van der Waals surface area contributed by atoms with Gasteiger partial charge in [-0.2, -0.15) is 0 Å². The topological polar surface area (TPSA) is 80.9 Å². The molecule has 3 aromatic rings. The van der Waals surface area contributed by atoms with Gasteiger partial charge in [-0.3, -0.25) is 9.78 Å². The Kier molecular flexibility index (Phi) is 5.04. The minimum absolute atomic E-state index is 0.00170. The third-order valence-electron chi connectivity index (χ3n) is 3.01. The van der Waals surface area contributed by atoms with Gasteiger partial charge in [-0.25, -0.2) is 0 Å². The molecule has 8 heteroatoms. The summed E-state index contributed by atoms with van der Waals surface area (Å²) in [5, 5.41) is 13.2. The van der Waals surface area contributed by atoms with E-state index in [1.54, 1.807) is 35.9 Å². The van der Waals surface area contributed by atoms with Crippen molar-refractivity contribution in [3.8, 4) is 11.5 Å². The molecule has 0 aliphatic heterocycles. The fourth-order valence-electron chi connectivity index (χ4n) is 1.90. The summed E-state index contributed by atoms with van der Waals surface area (Å²) in [7, 11) is 0. The summed E-state index contributed by atoms with van der Waals surface area (Å²) in [4.78, 5) is 17.0. The van der Waals surface area contributed by atoms with Gasteiger partial charge in [0.15, 0.2) is 0 Å². The number of thioether (sulfide) groups is 1. The van der Waals surface area contributed by atoms with E-state index in [2.05, 4.69) is 20.5 Å². The maximum atomic E-state index is 12.0. The Hall–Kier alpha value is -2.19. The minimum Gasteiger partial charge on any atom is -0.411 e. The van der Waals surface area contributed by atoms with Crippen LogP contribution in [-0.2, 0) is 4.79 Å². The summed E-state index contributed by atoms with van der Waals surface area (Å²) < 4.78 is 5.53. The van der Waals surface area contributed by atoms with Crippen molar-refractivity contribution in [2.24, 2.45) is 0 Å². The van der Waals surface area contributed by atoms with Crippen LogP contribution in [0.4, 0.5) is 0 Å². The number of hydrogen-bond acceptors (Lipinski definition) is 7. The van der Waals surface area contributed by atoms with Crippen LogP contribution in [0.5, 0.6) is 0 Å². The normalized spacial score (nSPS) is 12.0. The quantitative estimate of drug-likeness (QED) is 0.691. The second-order valence-electron chi connectivity index (χ2n) is 4.70. The van der Waals surface area contributed by atoms with E-state index in [9.17, 15) is 4.79 Å². The van der Waals surface area contributed by atoms with Crippen LogP contribution in [0.1, 0.15) is 17.8 Å². The van der Waals surface area contributed by atoms with Crippen LogP contribution in [0.3, 0.4) is 0 Å². The van der Waals surface area contributed by atoms with E-state index < -0.39 is 0 Å². The highest BCUT2D eigenvalue weighted by Gasteiger charge is 2.13. The van der Waals surface area contributed by atoms with Gasteiger partial charge in [-0.1, -0.05) is 17.8 Å². The maximum Gasteiger partial charge on any atom is 0.277 e. The van der Waals surface area contributed by atoms with E-state index in [0.29, 0.717) is 11.1 Å². The van der Waals surface area contributed by atoms with Crippen LogP contribution in [-0.4, -0.2) is 26.8 Å². The molecule has 0 saturated carbocycles. The van der Waals surface area contributed by atoms with Crippen molar-refractivity contribution >= 4 is 29.0 Å². The Morgan fingerprint density at radius 2 is 2.17 bits per heavy atom. The molecule has 0 saturated heterocycles. The fourth-order valence-corrected chi connectivity index (χ4v) is 3.21. The van der Waals surface area contributed by atoms with E-state index in [1.807, 2.05) is 24.4 Å². The lowest BCUT2D eigenvalue weighted by Gasteiger charge is -2.11. The van der Waals surface area contributed by atoms with E-state index in [-0.39, 0.29) is 17.7 Å². The van der Waals surface area contributed by atoms with Crippen LogP contribution in [0.15, 0.2) is 51.7 Å². The summed E-state index contributed by atoms with van der Waals surface area (Å²) >= 11 is 2.84. The van der Waals surface area contributed by atoms with Crippen molar-refractivity contribution < 1.29 is 9.21 Å². The number of thiophene rings is 1. The van der Waals surface area contributed by atoms with Gasteiger partial charge in [0.2, 0.25) is 11.8 Å². The highest BCUT2D eigenvalue weighted by molar-refractivity contribution is 7.99. The summed E-state index contributed by atoms with van der Waals surface area (Å²) in [6.45, 7) is 1.96. The highest BCUT2D eigenvalue weighted by Crippen LogP contribution is 2.23. The van der Waals surface area contributed by atoms with E-state index in [1.165, 1.54) is 11.8 Å². The molecule has 3 rings (SSSR count). The van der Waals surface area contributed by atoms with Gasteiger partial charge in [0.1, 0.15) is 0 Å². The number of carbonyl (C=O) groups is 1. The van der Waals surface area contributed by atoms with Gasteiger partial charge in [0, 0.05) is 22.8 Å². The molecule has 0 spiro atoms. The van der Waals surface area contributed by atoms with Gasteiger partial charge in [0.25, 0.3) is 5.22 Å². The first-order chi connectivity index (χ1) is 11.2. The average molecular weight is 346 g/mol. The zero-order valence-electron chi connectivity index (χ0n) is 12.3. The van der Waals surface area contributed by atoms with Crippen molar-refractivity contribution in [1.82, 2.24) is 20.5 Å². The summed E-state index contributed by atoms with van der Waals surface area (Å²) in [6, 6.07) is 7.55. The number of nitrogens with zero attached hydrogens (tertiary/aromatic N) is 3. The first-order valence-corrected chi connectivity index (χ1v) is 8.78. The Labute approximate surface area is 141 Å². The largest absolute Gasteiger partial charge is 0.411 e. The molecule has 23 heavy (non-hydrogen) atoms. The zero-order chi connectivity index (χ0) is 16.1. The SMILES string of the molecule is CC(NC(=O)CSc1nnc(-c2ccncc2)o1)c1cccs1. The molecule has 1 N–H and O–H groups in total. The van der Waals surface area contributed by atoms with Gasteiger partial charge >= 0.3 is 0 Å². The monoisotopic (exact) mass is 346 g/mol. The van der Waals surface area contributed by atoms with Gasteiger partial charge < -0.3 is 9.73 Å². The zero-order valence-corrected chi connectivity index (χ0v) is 13.9. The number of carbonyl (C=O) groups excluding carboxylic acids is 1. The molecule has 0 aliphatic rings. The highest BCUT2D eigenvalue weighted by atomic mass is 32.2. The number of rotatable bonds is 6. The van der Waals surface area contributed by atoms with Crippen molar-refractivity contribution in [3.63, 3.8) is 0 Å². The molecule has 0 bridgehead atoms. The minimum atomic E-state index is -0.0699. The van der Waals surface area contributed by atoms with Crippen molar-refractivity contribution in [1.29, 1.82) is 0 Å². The second-order valence-corrected chi connectivity index (χ2v) is 6.61. The number of nitrogens with one attached hydrogen (secondary N) is 1. The smallest absolute Gasteiger partial charge is 0.277 e.